The van der Waals surface area contributed by atoms with Gasteiger partial charge < -0.3 is 4.79 Å². The number of carbonyl (C=O) groups excluding carboxylic acids is 1. The third-order valence-electron chi connectivity index (χ3n) is 3.14. The first-order valence-electron chi connectivity index (χ1n) is 5.05. The lowest BCUT2D eigenvalue weighted by Gasteiger charge is -2.36. The second-order valence-electron chi connectivity index (χ2n) is 4.26. The van der Waals surface area contributed by atoms with E-state index in [0.717, 1.165) is 37.5 Å². The number of benzene rings is 1. The SMILES string of the molecule is O=CC1(Cc2ccc(F)c(Br)c2)CCC1. The zero-order valence-electron chi connectivity index (χ0n) is 8.30. The van der Waals surface area contributed by atoms with Gasteiger partial charge in [-0.05, 0) is 52.9 Å². The summed E-state index contributed by atoms with van der Waals surface area (Å²) < 4.78 is 13.5. The summed E-state index contributed by atoms with van der Waals surface area (Å²) in [4.78, 5) is 11.0. The summed E-state index contributed by atoms with van der Waals surface area (Å²) in [5.74, 6) is -0.257. The molecule has 1 aliphatic rings. The van der Waals surface area contributed by atoms with Gasteiger partial charge in [-0.1, -0.05) is 12.5 Å². The lowest BCUT2D eigenvalue weighted by Crippen LogP contribution is -2.33. The fourth-order valence-electron chi connectivity index (χ4n) is 2.02. The average molecular weight is 271 g/mol. The highest BCUT2D eigenvalue weighted by Crippen LogP contribution is 2.42. The van der Waals surface area contributed by atoms with Gasteiger partial charge in [0.1, 0.15) is 12.1 Å². The molecule has 0 unspecified atom stereocenters. The molecule has 0 spiro atoms. The van der Waals surface area contributed by atoms with Crippen LogP contribution < -0.4 is 0 Å². The highest BCUT2D eigenvalue weighted by molar-refractivity contribution is 9.10. The van der Waals surface area contributed by atoms with Gasteiger partial charge in [0.25, 0.3) is 0 Å². The summed E-state index contributed by atoms with van der Waals surface area (Å²) in [5, 5.41) is 0. The zero-order chi connectivity index (χ0) is 10.9. The molecule has 1 fully saturated rings. The predicted octanol–water partition coefficient (Wildman–Crippen LogP) is 3.50. The van der Waals surface area contributed by atoms with E-state index < -0.39 is 0 Å². The van der Waals surface area contributed by atoms with Crippen molar-refractivity contribution < 1.29 is 9.18 Å². The minimum absolute atomic E-state index is 0.169. The Morgan fingerprint density at radius 1 is 1.47 bits per heavy atom. The van der Waals surface area contributed by atoms with E-state index in [4.69, 9.17) is 0 Å². The number of halogens is 2. The molecule has 0 amide bonds. The smallest absolute Gasteiger partial charge is 0.137 e. The second-order valence-corrected chi connectivity index (χ2v) is 5.11. The van der Waals surface area contributed by atoms with E-state index >= 15 is 0 Å². The molecule has 1 nitrogen and oxygen atoms in total. The van der Waals surface area contributed by atoms with Crippen molar-refractivity contribution in [3.05, 3.63) is 34.1 Å². The maximum absolute atomic E-state index is 13.0. The van der Waals surface area contributed by atoms with Crippen LogP contribution in [-0.4, -0.2) is 6.29 Å². The van der Waals surface area contributed by atoms with Gasteiger partial charge in [-0.15, -0.1) is 0 Å². The van der Waals surface area contributed by atoms with Crippen LogP contribution in [0.25, 0.3) is 0 Å². The summed E-state index contributed by atoms with van der Waals surface area (Å²) in [7, 11) is 0. The van der Waals surface area contributed by atoms with E-state index in [1.54, 1.807) is 12.1 Å². The second kappa shape index (κ2) is 4.05. The van der Waals surface area contributed by atoms with Crippen LogP contribution in [0.2, 0.25) is 0 Å². The van der Waals surface area contributed by atoms with E-state index in [0.29, 0.717) is 4.47 Å². The largest absolute Gasteiger partial charge is 0.303 e. The van der Waals surface area contributed by atoms with E-state index in [1.165, 1.54) is 6.07 Å². The van der Waals surface area contributed by atoms with E-state index in [1.807, 2.05) is 0 Å². The van der Waals surface area contributed by atoms with Crippen LogP contribution in [-0.2, 0) is 11.2 Å². The van der Waals surface area contributed by atoms with Gasteiger partial charge in [0.15, 0.2) is 0 Å². The number of hydrogen-bond donors (Lipinski definition) is 0. The maximum atomic E-state index is 13.0. The summed E-state index contributed by atoms with van der Waals surface area (Å²) in [6, 6.07) is 4.96. The van der Waals surface area contributed by atoms with Crippen molar-refractivity contribution in [2.45, 2.75) is 25.7 Å². The molecule has 1 saturated carbocycles. The van der Waals surface area contributed by atoms with Crippen molar-refractivity contribution in [2.75, 3.05) is 0 Å². The van der Waals surface area contributed by atoms with Crippen LogP contribution in [0.15, 0.2) is 22.7 Å². The molecule has 0 radical (unpaired) electrons. The molecule has 15 heavy (non-hydrogen) atoms. The molecule has 0 aromatic heterocycles. The number of aldehydes is 1. The molecule has 80 valence electrons. The van der Waals surface area contributed by atoms with Crippen molar-refractivity contribution in [3.8, 4) is 0 Å². The molecule has 1 aromatic rings. The van der Waals surface area contributed by atoms with Crippen LogP contribution in [0.5, 0.6) is 0 Å². The molecule has 3 heteroatoms. The Kier molecular flexibility index (Phi) is 2.91. The summed E-state index contributed by atoms with van der Waals surface area (Å²) >= 11 is 3.15. The van der Waals surface area contributed by atoms with Crippen LogP contribution in [0, 0.1) is 11.2 Å². The van der Waals surface area contributed by atoms with Crippen LogP contribution in [0.3, 0.4) is 0 Å². The standard InChI is InChI=1S/C12H12BrFO/c13-10-6-9(2-3-11(10)14)7-12(8-15)4-1-5-12/h2-3,6,8H,1,4-5,7H2. The van der Waals surface area contributed by atoms with Gasteiger partial charge in [0.05, 0.1) is 4.47 Å². The van der Waals surface area contributed by atoms with Gasteiger partial charge in [0, 0.05) is 5.41 Å². The predicted molar refractivity (Wildman–Crippen MR) is 60.2 cm³/mol. The molecule has 0 saturated heterocycles. The topological polar surface area (TPSA) is 17.1 Å². The quantitative estimate of drug-likeness (QED) is 0.769. The van der Waals surface area contributed by atoms with Crippen LogP contribution in [0.1, 0.15) is 24.8 Å². The van der Waals surface area contributed by atoms with Crippen molar-refractivity contribution >= 4 is 22.2 Å². The Hall–Kier alpha value is -0.700. The molecule has 2 rings (SSSR count). The Morgan fingerprint density at radius 2 is 2.20 bits per heavy atom. The van der Waals surface area contributed by atoms with Crippen molar-refractivity contribution in [2.24, 2.45) is 5.41 Å². The highest BCUT2D eigenvalue weighted by Gasteiger charge is 2.36. The fourth-order valence-corrected chi connectivity index (χ4v) is 2.45. The molecule has 1 aromatic carbocycles. The number of hydrogen-bond acceptors (Lipinski definition) is 1. The number of carbonyl (C=O) groups is 1. The molecule has 0 bridgehead atoms. The van der Waals surface area contributed by atoms with E-state index in [-0.39, 0.29) is 11.2 Å². The molecule has 0 N–H and O–H groups in total. The molecule has 0 heterocycles. The molecular formula is C12H12BrFO. The maximum Gasteiger partial charge on any atom is 0.137 e. The Morgan fingerprint density at radius 3 is 2.67 bits per heavy atom. The van der Waals surface area contributed by atoms with Crippen molar-refractivity contribution in [3.63, 3.8) is 0 Å². The molecule has 1 aliphatic carbocycles. The van der Waals surface area contributed by atoms with Crippen molar-refractivity contribution in [1.82, 2.24) is 0 Å². The summed E-state index contributed by atoms with van der Waals surface area (Å²) in [6.45, 7) is 0. The lowest BCUT2D eigenvalue weighted by molar-refractivity contribution is -0.120. The van der Waals surface area contributed by atoms with E-state index in [2.05, 4.69) is 15.9 Å². The molecule has 0 atom stereocenters. The fraction of sp³-hybridized carbons (Fsp3) is 0.417. The third-order valence-corrected chi connectivity index (χ3v) is 3.75. The normalized spacial score (nSPS) is 18.3. The first-order valence-corrected chi connectivity index (χ1v) is 5.85. The van der Waals surface area contributed by atoms with Crippen molar-refractivity contribution in [1.29, 1.82) is 0 Å². The van der Waals surface area contributed by atoms with Gasteiger partial charge in [-0.3, -0.25) is 0 Å². The first kappa shape index (κ1) is 10.8. The number of rotatable bonds is 3. The highest BCUT2D eigenvalue weighted by atomic mass is 79.9. The molecule has 0 aliphatic heterocycles. The van der Waals surface area contributed by atoms with Crippen LogP contribution in [0.4, 0.5) is 4.39 Å². The van der Waals surface area contributed by atoms with Gasteiger partial charge in [-0.25, -0.2) is 4.39 Å². The molecular weight excluding hydrogens is 259 g/mol. The van der Waals surface area contributed by atoms with Crippen LogP contribution >= 0.6 is 15.9 Å². The van der Waals surface area contributed by atoms with Gasteiger partial charge in [0.2, 0.25) is 0 Å². The lowest BCUT2D eigenvalue weighted by atomic mass is 9.66. The van der Waals surface area contributed by atoms with Gasteiger partial charge >= 0.3 is 0 Å². The van der Waals surface area contributed by atoms with E-state index in [9.17, 15) is 9.18 Å². The average Bonchev–Trinajstić information content (AvgIpc) is 2.17. The minimum atomic E-state index is -0.257. The summed E-state index contributed by atoms with van der Waals surface area (Å²) in [6.07, 6.45) is 4.85. The third kappa shape index (κ3) is 2.12. The first-order chi connectivity index (χ1) is 7.15. The van der Waals surface area contributed by atoms with Gasteiger partial charge in [-0.2, -0.15) is 0 Å². The monoisotopic (exact) mass is 270 g/mol. The zero-order valence-corrected chi connectivity index (χ0v) is 9.89. The Bertz CT molecular complexity index is 385. The summed E-state index contributed by atoms with van der Waals surface area (Å²) in [5.41, 5.74) is 0.854. The Labute approximate surface area is 96.8 Å². The Balaban J connectivity index is 2.17. The minimum Gasteiger partial charge on any atom is -0.303 e.